The third-order valence-electron chi connectivity index (χ3n) is 2.42. The van der Waals surface area contributed by atoms with Crippen molar-refractivity contribution in [3.63, 3.8) is 0 Å². The first kappa shape index (κ1) is 13.7. The minimum atomic E-state index is -1.02. The summed E-state index contributed by atoms with van der Waals surface area (Å²) in [5.41, 5.74) is 0.476. The fourth-order valence-electron chi connectivity index (χ4n) is 1.15. The first-order valence-corrected chi connectivity index (χ1v) is 5.47. The van der Waals surface area contributed by atoms with Gasteiger partial charge in [-0.1, -0.05) is 20.8 Å². The molecule has 0 aliphatic heterocycles. The van der Waals surface area contributed by atoms with Crippen LogP contribution in [0, 0.1) is 5.41 Å². The van der Waals surface area contributed by atoms with Gasteiger partial charge in [0.05, 0.1) is 30.6 Å². The standard InChI is InChI=1S/C12H18N2O3/c1-12(2,3)11(17)4-8-5-14-9(6-13-8)10(16)7-15/h5-6,10,15-16H,4,7H2,1-3H3/t10-/m1/s1. The Morgan fingerprint density at radius 3 is 2.41 bits per heavy atom. The van der Waals surface area contributed by atoms with Crippen molar-refractivity contribution in [3.8, 4) is 0 Å². The molecule has 2 N–H and O–H groups in total. The zero-order valence-electron chi connectivity index (χ0n) is 10.3. The van der Waals surface area contributed by atoms with E-state index < -0.39 is 18.1 Å². The molecule has 0 aromatic carbocycles. The van der Waals surface area contributed by atoms with Crippen LogP contribution in [-0.2, 0) is 11.2 Å². The zero-order chi connectivity index (χ0) is 13.1. The van der Waals surface area contributed by atoms with Crippen molar-refractivity contribution < 1.29 is 15.0 Å². The van der Waals surface area contributed by atoms with Gasteiger partial charge < -0.3 is 10.2 Å². The summed E-state index contributed by atoms with van der Waals surface area (Å²) in [6, 6.07) is 0. The third-order valence-corrected chi connectivity index (χ3v) is 2.42. The highest BCUT2D eigenvalue weighted by Gasteiger charge is 2.21. The van der Waals surface area contributed by atoms with Crippen LogP contribution in [0.15, 0.2) is 12.4 Å². The number of hydrogen-bond acceptors (Lipinski definition) is 5. The van der Waals surface area contributed by atoms with Crippen molar-refractivity contribution >= 4 is 5.78 Å². The molecule has 0 aliphatic carbocycles. The van der Waals surface area contributed by atoms with Gasteiger partial charge in [-0.15, -0.1) is 0 Å². The Balaban J connectivity index is 2.72. The molecule has 94 valence electrons. The van der Waals surface area contributed by atoms with E-state index in [1.807, 2.05) is 20.8 Å². The summed E-state index contributed by atoms with van der Waals surface area (Å²) < 4.78 is 0. The summed E-state index contributed by atoms with van der Waals surface area (Å²) in [5, 5.41) is 18.0. The molecule has 5 nitrogen and oxygen atoms in total. The predicted molar refractivity (Wildman–Crippen MR) is 62.2 cm³/mol. The molecule has 0 saturated heterocycles. The Bertz CT molecular complexity index is 382. The van der Waals surface area contributed by atoms with E-state index in [1.165, 1.54) is 12.4 Å². The largest absolute Gasteiger partial charge is 0.393 e. The number of aliphatic hydroxyl groups is 2. The average molecular weight is 238 g/mol. The van der Waals surface area contributed by atoms with Crippen molar-refractivity contribution in [1.29, 1.82) is 0 Å². The van der Waals surface area contributed by atoms with E-state index in [9.17, 15) is 9.90 Å². The molecule has 17 heavy (non-hydrogen) atoms. The van der Waals surface area contributed by atoms with Gasteiger partial charge in [0.25, 0.3) is 0 Å². The second kappa shape index (κ2) is 5.33. The number of aliphatic hydroxyl groups excluding tert-OH is 2. The third kappa shape index (κ3) is 3.87. The lowest BCUT2D eigenvalue weighted by Crippen LogP contribution is -2.22. The SMILES string of the molecule is CC(C)(C)C(=O)Cc1cnc([C@H](O)CO)cn1. The van der Waals surface area contributed by atoms with Gasteiger partial charge in [0, 0.05) is 11.6 Å². The number of ketones is 1. The summed E-state index contributed by atoms with van der Waals surface area (Å²) in [5.74, 6) is 0.0854. The van der Waals surface area contributed by atoms with E-state index in [2.05, 4.69) is 9.97 Å². The van der Waals surface area contributed by atoms with Crippen LogP contribution in [0.4, 0.5) is 0 Å². The molecule has 1 heterocycles. The fourth-order valence-corrected chi connectivity index (χ4v) is 1.15. The Morgan fingerprint density at radius 1 is 1.35 bits per heavy atom. The highest BCUT2D eigenvalue weighted by molar-refractivity contribution is 5.85. The van der Waals surface area contributed by atoms with Crippen LogP contribution in [0.5, 0.6) is 0 Å². The van der Waals surface area contributed by atoms with Crippen molar-refractivity contribution in [2.45, 2.75) is 33.3 Å². The van der Waals surface area contributed by atoms with Gasteiger partial charge in [0.2, 0.25) is 0 Å². The molecule has 1 rings (SSSR count). The number of hydrogen-bond donors (Lipinski definition) is 2. The van der Waals surface area contributed by atoms with Crippen LogP contribution in [0.3, 0.4) is 0 Å². The topological polar surface area (TPSA) is 83.3 Å². The fraction of sp³-hybridized carbons (Fsp3) is 0.583. The highest BCUT2D eigenvalue weighted by Crippen LogP contribution is 2.17. The van der Waals surface area contributed by atoms with Crippen molar-refractivity contribution in [1.82, 2.24) is 9.97 Å². The van der Waals surface area contributed by atoms with Crippen molar-refractivity contribution in [2.24, 2.45) is 5.41 Å². The quantitative estimate of drug-likeness (QED) is 0.805. The predicted octanol–water partition coefficient (Wildman–Crippen LogP) is 0.660. The minimum absolute atomic E-state index is 0.0854. The molecule has 1 aromatic rings. The monoisotopic (exact) mass is 238 g/mol. The summed E-state index contributed by atoms with van der Waals surface area (Å²) in [6.45, 7) is 5.17. The molecule has 5 heteroatoms. The van der Waals surface area contributed by atoms with E-state index in [0.29, 0.717) is 11.4 Å². The molecule has 0 amide bonds. The molecule has 0 spiro atoms. The smallest absolute Gasteiger partial charge is 0.144 e. The summed E-state index contributed by atoms with van der Waals surface area (Å²) in [6.07, 6.45) is 2.05. The summed E-state index contributed by atoms with van der Waals surface area (Å²) in [7, 11) is 0. The van der Waals surface area contributed by atoms with Gasteiger partial charge in [-0.2, -0.15) is 0 Å². The van der Waals surface area contributed by atoms with Gasteiger partial charge in [0.1, 0.15) is 11.9 Å². The maximum Gasteiger partial charge on any atom is 0.144 e. The molecule has 0 unspecified atom stereocenters. The summed E-state index contributed by atoms with van der Waals surface area (Å²) in [4.78, 5) is 19.8. The Kier molecular flexibility index (Phi) is 4.31. The van der Waals surface area contributed by atoms with Crippen LogP contribution in [0.2, 0.25) is 0 Å². The molecule has 0 bridgehead atoms. The summed E-state index contributed by atoms with van der Waals surface area (Å²) >= 11 is 0. The van der Waals surface area contributed by atoms with Gasteiger partial charge in [-0.25, -0.2) is 0 Å². The lowest BCUT2D eigenvalue weighted by atomic mass is 9.88. The van der Waals surface area contributed by atoms with Gasteiger partial charge in [-0.05, 0) is 0 Å². The van der Waals surface area contributed by atoms with Crippen molar-refractivity contribution in [3.05, 3.63) is 23.8 Å². The van der Waals surface area contributed by atoms with Crippen LogP contribution < -0.4 is 0 Å². The highest BCUT2D eigenvalue weighted by atomic mass is 16.3. The molecule has 0 aliphatic rings. The number of rotatable bonds is 4. The van der Waals surface area contributed by atoms with Crippen LogP contribution in [0.25, 0.3) is 0 Å². The lowest BCUT2D eigenvalue weighted by molar-refractivity contribution is -0.125. The molecule has 1 aromatic heterocycles. The lowest BCUT2D eigenvalue weighted by Gasteiger charge is -2.16. The molecular weight excluding hydrogens is 220 g/mol. The first-order chi connectivity index (χ1) is 7.84. The Labute approximate surface area is 101 Å². The van der Waals surface area contributed by atoms with Crippen LogP contribution in [0.1, 0.15) is 38.3 Å². The first-order valence-electron chi connectivity index (χ1n) is 5.47. The maximum absolute atomic E-state index is 11.8. The molecule has 0 fully saturated rings. The van der Waals surface area contributed by atoms with Crippen molar-refractivity contribution in [2.75, 3.05) is 6.61 Å². The van der Waals surface area contributed by atoms with E-state index >= 15 is 0 Å². The minimum Gasteiger partial charge on any atom is -0.393 e. The van der Waals surface area contributed by atoms with Gasteiger partial charge >= 0.3 is 0 Å². The van der Waals surface area contributed by atoms with E-state index in [1.54, 1.807) is 0 Å². The number of nitrogens with zero attached hydrogens (tertiary/aromatic N) is 2. The number of carbonyl (C=O) groups is 1. The second-order valence-electron chi connectivity index (χ2n) is 4.98. The van der Waals surface area contributed by atoms with E-state index in [-0.39, 0.29) is 12.2 Å². The molecule has 1 atom stereocenters. The number of aromatic nitrogens is 2. The second-order valence-corrected chi connectivity index (χ2v) is 4.98. The van der Waals surface area contributed by atoms with Gasteiger partial charge in [-0.3, -0.25) is 14.8 Å². The number of Topliss-reactive ketones (excluding diaryl/α,β-unsaturated/α-hetero) is 1. The zero-order valence-corrected chi connectivity index (χ0v) is 10.3. The van der Waals surface area contributed by atoms with Crippen LogP contribution in [-0.4, -0.2) is 32.6 Å². The normalized spacial score (nSPS) is 13.5. The van der Waals surface area contributed by atoms with Gasteiger partial charge in [0.15, 0.2) is 0 Å². The van der Waals surface area contributed by atoms with Crippen LogP contribution >= 0.6 is 0 Å². The Morgan fingerprint density at radius 2 is 2.00 bits per heavy atom. The molecule has 0 saturated carbocycles. The Hall–Kier alpha value is -1.33. The van der Waals surface area contributed by atoms with E-state index in [0.717, 1.165) is 0 Å². The maximum atomic E-state index is 11.8. The van der Waals surface area contributed by atoms with E-state index in [4.69, 9.17) is 5.11 Å². The number of carbonyl (C=O) groups excluding carboxylic acids is 1. The average Bonchev–Trinajstić information content (AvgIpc) is 2.27. The molecule has 0 radical (unpaired) electrons. The molecular formula is C12H18N2O3.